The smallest absolute Gasteiger partial charge is 0.329 e. The molecule has 1 aromatic carbocycles. The summed E-state index contributed by atoms with van der Waals surface area (Å²) in [6.45, 7) is -0.699. The fraction of sp³-hybridized carbons (Fsp3) is 0.200. The largest absolute Gasteiger partial charge is 0.457 e. The number of hydrogen-bond donors (Lipinski definition) is 2. The van der Waals surface area contributed by atoms with Crippen LogP contribution in [0.2, 0.25) is 10.0 Å². The molecule has 0 atom stereocenters. The maximum atomic E-state index is 12.1. The van der Waals surface area contributed by atoms with E-state index in [9.17, 15) is 19.2 Å². The first-order valence-corrected chi connectivity index (χ1v) is 7.67. The van der Waals surface area contributed by atoms with Crippen molar-refractivity contribution in [2.24, 2.45) is 7.05 Å². The van der Waals surface area contributed by atoms with Gasteiger partial charge in [-0.25, -0.2) is 4.79 Å². The summed E-state index contributed by atoms with van der Waals surface area (Å²) >= 11 is 11.7. The number of nitrogens with two attached hydrogens (primary N) is 1. The fourth-order valence-electron chi connectivity index (χ4n) is 2.00. The lowest BCUT2D eigenvalue weighted by atomic mass is 10.1. The quantitative estimate of drug-likeness (QED) is 0.582. The van der Waals surface area contributed by atoms with E-state index in [-0.39, 0.29) is 17.3 Å². The molecule has 0 bridgehead atoms. The highest BCUT2D eigenvalue weighted by Gasteiger charge is 2.20. The number of aromatic nitrogens is 2. The van der Waals surface area contributed by atoms with Crippen molar-refractivity contribution in [1.82, 2.24) is 9.55 Å². The molecule has 10 heteroatoms. The van der Waals surface area contributed by atoms with Crippen molar-refractivity contribution in [3.05, 3.63) is 60.2 Å². The van der Waals surface area contributed by atoms with E-state index in [1.165, 1.54) is 13.1 Å². The van der Waals surface area contributed by atoms with Gasteiger partial charge in [0.15, 0.2) is 6.61 Å². The number of nitrogen functional groups attached to an aromatic ring is 1. The van der Waals surface area contributed by atoms with E-state index in [0.29, 0.717) is 10.6 Å². The van der Waals surface area contributed by atoms with Crippen molar-refractivity contribution in [3.8, 4) is 0 Å². The van der Waals surface area contributed by atoms with Crippen LogP contribution in [0, 0.1) is 0 Å². The van der Waals surface area contributed by atoms with Crippen molar-refractivity contribution in [1.29, 1.82) is 0 Å². The van der Waals surface area contributed by atoms with E-state index in [1.807, 2.05) is 4.98 Å². The first-order valence-electron chi connectivity index (χ1n) is 6.92. The zero-order valence-corrected chi connectivity index (χ0v) is 14.5. The number of anilines is 1. The minimum Gasteiger partial charge on any atom is -0.457 e. The summed E-state index contributed by atoms with van der Waals surface area (Å²) in [7, 11) is 1.29. The number of carbonyl (C=O) groups is 2. The van der Waals surface area contributed by atoms with Gasteiger partial charge in [0.25, 0.3) is 5.56 Å². The van der Waals surface area contributed by atoms with E-state index in [2.05, 4.69) is 0 Å². The van der Waals surface area contributed by atoms with Crippen LogP contribution in [0.1, 0.15) is 15.9 Å². The normalized spacial score (nSPS) is 10.5. The molecule has 0 aliphatic carbocycles. The van der Waals surface area contributed by atoms with Gasteiger partial charge in [0, 0.05) is 17.1 Å². The number of ketones is 1. The lowest BCUT2D eigenvalue weighted by Crippen LogP contribution is -2.35. The fourth-order valence-corrected chi connectivity index (χ4v) is 2.47. The maximum Gasteiger partial charge on any atom is 0.329 e. The van der Waals surface area contributed by atoms with Crippen molar-refractivity contribution < 1.29 is 14.3 Å². The number of H-pyrrole nitrogens is 1. The van der Waals surface area contributed by atoms with Crippen LogP contribution in [0.5, 0.6) is 0 Å². The zero-order chi connectivity index (χ0) is 18.7. The van der Waals surface area contributed by atoms with Crippen molar-refractivity contribution in [2.45, 2.75) is 6.42 Å². The van der Waals surface area contributed by atoms with Crippen molar-refractivity contribution in [2.75, 3.05) is 12.3 Å². The molecule has 3 N–H and O–H groups in total. The van der Waals surface area contributed by atoms with E-state index < -0.39 is 35.2 Å². The lowest BCUT2D eigenvalue weighted by Gasteiger charge is -2.09. The number of Topliss-reactive ketones (excluding diaryl/α,β-unsaturated/α-hetero) is 1. The molecule has 132 valence electrons. The van der Waals surface area contributed by atoms with Crippen molar-refractivity contribution >= 4 is 40.8 Å². The van der Waals surface area contributed by atoms with Gasteiger partial charge in [-0.2, -0.15) is 0 Å². The second-order valence-corrected chi connectivity index (χ2v) is 5.92. The van der Waals surface area contributed by atoms with Crippen LogP contribution in [0.4, 0.5) is 5.82 Å². The topological polar surface area (TPSA) is 124 Å². The van der Waals surface area contributed by atoms with Gasteiger partial charge in [0.1, 0.15) is 11.4 Å². The first-order chi connectivity index (χ1) is 11.7. The predicted octanol–water partition coefficient (Wildman–Crippen LogP) is 0.931. The highest BCUT2D eigenvalue weighted by Crippen LogP contribution is 2.21. The van der Waals surface area contributed by atoms with Crippen LogP contribution in [0.25, 0.3) is 0 Å². The van der Waals surface area contributed by atoms with Gasteiger partial charge in [-0.1, -0.05) is 29.3 Å². The molecular formula is C15H13Cl2N3O5. The average Bonchev–Trinajstić information content (AvgIpc) is 2.53. The molecule has 0 spiro atoms. The summed E-state index contributed by atoms with van der Waals surface area (Å²) in [5.74, 6) is -1.86. The first kappa shape index (κ1) is 18.8. The number of rotatable bonds is 5. The molecule has 8 nitrogen and oxygen atoms in total. The summed E-state index contributed by atoms with van der Waals surface area (Å²) in [6, 6.07) is 4.59. The lowest BCUT2D eigenvalue weighted by molar-refractivity contribution is -0.141. The molecule has 2 rings (SSSR count). The molecule has 1 heterocycles. The number of nitrogens with zero attached hydrogens (tertiary/aromatic N) is 1. The van der Waals surface area contributed by atoms with Crippen LogP contribution < -0.4 is 17.0 Å². The van der Waals surface area contributed by atoms with Crippen LogP contribution in [0.15, 0.2) is 27.8 Å². The number of aromatic amines is 1. The van der Waals surface area contributed by atoms with Crippen LogP contribution in [-0.4, -0.2) is 27.9 Å². The molecule has 2 aromatic rings. The maximum absolute atomic E-state index is 12.1. The SMILES string of the molecule is Cn1c(N)c(C(=O)COC(=O)Cc2ccc(Cl)cc2Cl)c(=O)[nH]c1=O. The number of hydrogen-bond acceptors (Lipinski definition) is 6. The number of halogens is 2. The molecule has 0 fully saturated rings. The third kappa shape index (κ3) is 4.28. The Labute approximate surface area is 151 Å². The number of carbonyl (C=O) groups excluding carboxylic acids is 2. The van der Waals surface area contributed by atoms with Gasteiger partial charge in [-0.3, -0.25) is 23.9 Å². The zero-order valence-electron chi connectivity index (χ0n) is 13.0. The predicted molar refractivity (Wildman–Crippen MR) is 92.2 cm³/mol. The Hall–Kier alpha value is -2.58. The minimum absolute atomic E-state index is 0.178. The van der Waals surface area contributed by atoms with Crippen LogP contribution >= 0.6 is 23.2 Å². The van der Waals surface area contributed by atoms with E-state index in [4.69, 9.17) is 33.7 Å². The van der Waals surface area contributed by atoms with Gasteiger partial charge < -0.3 is 10.5 Å². The minimum atomic E-state index is -0.942. The highest BCUT2D eigenvalue weighted by atomic mass is 35.5. The Morgan fingerprint density at radius 2 is 1.96 bits per heavy atom. The van der Waals surface area contributed by atoms with Crippen molar-refractivity contribution in [3.63, 3.8) is 0 Å². The number of ether oxygens (including phenoxy) is 1. The van der Waals surface area contributed by atoms with E-state index >= 15 is 0 Å². The summed E-state index contributed by atoms with van der Waals surface area (Å²) in [5, 5.41) is 0.705. The second kappa shape index (κ2) is 7.54. The third-order valence-electron chi connectivity index (χ3n) is 3.36. The Bertz CT molecular complexity index is 965. The molecule has 0 aliphatic rings. The number of esters is 1. The molecule has 0 radical (unpaired) electrons. The average molecular weight is 386 g/mol. The molecule has 1 aromatic heterocycles. The molecular weight excluding hydrogens is 373 g/mol. The monoisotopic (exact) mass is 385 g/mol. The van der Waals surface area contributed by atoms with Crippen LogP contribution in [0.3, 0.4) is 0 Å². The molecule has 0 amide bonds. The molecule has 0 aliphatic heterocycles. The Kier molecular flexibility index (Phi) is 5.66. The van der Waals surface area contributed by atoms with Gasteiger partial charge in [0.05, 0.1) is 6.42 Å². The number of benzene rings is 1. The van der Waals surface area contributed by atoms with Gasteiger partial charge >= 0.3 is 11.7 Å². The molecule has 0 unspecified atom stereocenters. The molecule has 25 heavy (non-hydrogen) atoms. The summed E-state index contributed by atoms with van der Waals surface area (Å²) in [5.41, 5.74) is 3.93. The summed E-state index contributed by atoms with van der Waals surface area (Å²) < 4.78 is 5.76. The molecule has 0 saturated heterocycles. The Morgan fingerprint density at radius 3 is 2.60 bits per heavy atom. The van der Waals surface area contributed by atoms with E-state index in [1.54, 1.807) is 12.1 Å². The van der Waals surface area contributed by atoms with Gasteiger partial charge in [0.2, 0.25) is 5.78 Å². The van der Waals surface area contributed by atoms with Gasteiger partial charge in [-0.15, -0.1) is 0 Å². The van der Waals surface area contributed by atoms with E-state index in [0.717, 1.165) is 4.57 Å². The number of nitrogens with one attached hydrogen (secondary N) is 1. The highest BCUT2D eigenvalue weighted by molar-refractivity contribution is 6.35. The Morgan fingerprint density at radius 1 is 1.28 bits per heavy atom. The van der Waals surface area contributed by atoms with Gasteiger partial charge in [-0.05, 0) is 17.7 Å². The summed E-state index contributed by atoms with van der Waals surface area (Å²) in [4.78, 5) is 49.0. The van der Waals surface area contributed by atoms with Crippen LogP contribution in [-0.2, 0) is 23.0 Å². The standard InChI is InChI=1S/C15H13Cl2N3O5/c1-20-13(18)12(14(23)19-15(20)24)10(21)6-25-11(22)4-7-2-3-8(16)5-9(7)17/h2-3,5H,4,6,18H2,1H3,(H,19,23,24). The second-order valence-electron chi connectivity index (χ2n) is 5.07. The molecule has 0 saturated carbocycles. The Balaban J connectivity index is 2.08. The third-order valence-corrected chi connectivity index (χ3v) is 3.95. The summed E-state index contributed by atoms with van der Waals surface area (Å²) in [6.07, 6.45) is -0.178.